The summed E-state index contributed by atoms with van der Waals surface area (Å²) in [4.78, 5) is 15.6. The molecule has 0 fully saturated rings. The van der Waals surface area contributed by atoms with Gasteiger partial charge in [-0.25, -0.2) is 0 Å². The molecule has 1 aliphatic rings. The molecule has 0 aliphatic carbocycles. The number of aromatic nitrogens is 2. The number of amides is 1. The molecule has 0 spiro atoms. The van der Waals surface area contributed by atoms with E-state index in [-0.39, 0.29) is 5.91 Å². The molecule has 8 heteroatoms. The van der Waals surface area contributed by atoms with Gasteiger partial charge >= 0.3 is 0 Å². The zero-order valence-corrected chi connectivity index (χ0v) is 23.3. The molecule has 0 radical (unpaired) electrons. The quantitative estimate of drug-likeness (QED) is 0.234. The van der Waals surface area contributed by atoms with Crippen molar-refractivity contribution in [3.63, 3.8) is 0 Å². The maximum absolute atomic E-state index is 13.8. The first-order valence-electron chi connectivity index (χ1n) is 13.0. The van der Waals surface area contributed by atoms with E-state index in [4.69, 9.17) is 25.8 Å². The summed E-state index contributed by atoms with van der Waals surface area (Å²) in [5.41, 5.74) is 4.79. The number of H-pyrrole nitrogens is 1. The number of aromatic amines is 1. The molecule has 1 aromatic heterocycles. The average Bonchev–Trinajstić information content (AvgIpc) is 3.48. The number of nitrogens with one attached hydrogen (secondary N) is 1. The normalized spacial score (nSPS) is 14.6. The van der Waals surface area contributed by atoms with E-state index in [0.29, 0.717) is 47.0 Å². The number of ether oxygens (including phenoxy) is 3. The lowest BCUT2D eigenvalue weighted by Gasteiger charge is -2.27. The van der Waals surface area contributed by atoms with Gasteiger partial charge in [0, 0.05) is 22.7 Å². The molecule has 1 unspecified atom stereocenters. The summed E-state index contributed by atoms with van der Waals surface area (Å²) in [6.07, 6.45) is 0.945. The van der Waals surface area contributed by atoms with Gasteiger partial charge in [-0.3, -0.25) is 9.89 Å². The summed E-state index contributed by atoms with van der Waals surface area (Å²) in [7, 11) is 3.27. The lowest BCUT2D eigenvalue weighted by atomic mass is 9.95. The van der Waals surface area contributed by atoms with Crippen LogP contribution in [0.3, 0.4) is 0 Å². The number of carbonyl (C=O) groups excluding carboxylic acids is 1. The van der Waals surface area contributed by atoms with Gasteiger partial charge in [0.15, 0.2) is 11.5 Å². The number of rotatable bonds is 10. The molecule has 1 atom stereocenters. The molecule has 0 saturated carbocycles. The number of methoxy groups -OCH3 is 2. The minimum atomic E-state index is -0.391. The number of fused-ring (bicyclic) bond motifs is 1. The van der Waals surface area contributed by atoms with Crippen LogP contribution in [-0.4, -0.2) is 41.8 Å². The Hall–Kier alpha value is -3.97. The standard InChI is InChI=1S/C31H32ClN3O4/c1-19(2)15-16-39-25-14-9-22(17-26(25)38-4)30-27-28(21-7-10-23(32)11-8-21)33-34-29(27)31(36)35(30)18-20-5-12-24(37-3)13-6-20/h5-14,17,19,30H,15-16,18H2,1-4H3,(H,33,34). The minimum absolute atomic E-state index is 0.116. The second kappa shape index (κ2) is 11.4. The highest BCUT2D eigenvalue weighted by atomic mass is 35.5. The Morgan fingerprint density at radius 3 is 2.38 bits per heavy atom. The van der Waals surface area contributed by atoms with Crippen molar-refractivity contribution in [3.05, 3.63) is 94.1 Å². The van der Waals surface area contributed by atoms with Crippen molar-refractivity contribution in [2.75, 3.05) is 20.8 Å². The zero-order chi connectivity index (χ0) is 27.5. The molecule has 39 heavy (non-hydrogen) atoms. The van der Waals surface area contributed by atoms with E-state index in [0.717, 1.165) is 34.4 Å². The topological polar surface area (TPSA) is 76.7 Å². The third-order valence-corrected chi connectivity index (χ3v) is 7.20. The molecule has 1 amide bonds. The van der Waals surface area contributed by atoms with Gasteiger partial charge in [0.05, 0.1) is 32.6 Å². The van der Waals surface area contributed by atoms with E-state index in [9.17, 15) is 4.79 Å². The second-order valence-corrected chi connectivity index (χ2v) is 10.4. The fourth-order valence-corrected chi connectivity index (χ4v) is 4.97. The molecule has 1 N–H and O–H groups in total. The van der Waals surface area contributed by atoms with Gasteiger partial charge in [0.25, 0.3) is 5.91 Å². The highest BCUT2D eigenvalue weighted by Gasteiger charge is 2.42. The number of halogens is 1. The number of hydrogen-bond donors (Lipinski definition) is 1. The van der Waals surface area contributed by atoms with E-state index >= 15 is 0 Å². The molecule has 7 nitrogen and oxygen atoms in total. The second-order valence-electron chi connectivity index (χ2n) is 9.99. The fraction of sp³-hybridized carbons (Fsp3) is 0.290. The van der Waals surface area contributed by atoms with Crippen LogP contribution >= 0.6 is 11.6 Å². The van der Waals surface area contributed by atoms with Crippen LogP contribution in [0.5, 0.6) is 17.2 Å². The maximum Gasteiger partial charge on any atom is 0.273 e. The Morgan fingerprint density at radius 2 is 1.72 bits per heavy atom. The average molecular weight is 546 g/mol. The monoisotopic (exact) mass is 545 g/mol. The van der Waals surface area contributed by atoms with Crippen molar-refractivity contribution in [1.82, 2.24) is 15.1 Å². The van der Waals surface area contributed by atoms with Crippen molar-refractivity contribution < 1.29 is 19.0 Å². The summed E-state index contributed by atoms with van der Waals surface area (Å²) in [5, 5.41) is 8.20. The van der Waals surface area contributed by atoms with Crippen molar-refractivity contribution >= 4 is 17.5 Å². The van der Waals surface area contributed by atoms with Crippen LogP contribution < -0.4 is 14.2 Å². The Labute approximate surface area is 233 Å². The van der Waals surface area contributed by atoms with Gasteiger partial charge in [-0.15, -0.1) is 0 Å². The van der Waals surface area contributed by atoms with Gasteiger partial charge in [0.2, 0.25) is 0 Å². The molecule has 5 rings (SSSR count). The summed E-state index contributed by atoms with van der Waals surface area (Å²) >= 11 is 6.15. The van der Waals surface area contributed by atoms with Gasteiger partial charge in [-0.1, -0.05) is 55.8 Å². The Morgan fingerprint density at radius 1 is 0.974 bits per heavy atom. The molecule has 202 valence electrons. The van der Waals surface area contributed by atoms with Crippen molar-refractivity contribution in [1.29, 1.82) is 0 Å². The first-order valence-corrected chi connectivity index (χ1v) is 13.4. The lowest BCUT2D eigenvalue weighted by molar-refractivity contribution is 0.0730. The predicted molar refractivity (Wildman–Crippen MR) is 152 cm³/mol. The molecule has 2 heterocycles. The van der Waals surface area contributed by atoms with Crippen LogP contribution in [0.4, 0.5) is 0 Å². The van der Waals surface area contributed by atoms with E-state index in [1.165, 1.54) is 0 Å². The highest BCUT2D eigenvalue weighted by Crippen LogP contribution is 2.45. The molecule has 0 saturated heterocycles. The minimum Gasteiger partial charge on any atom is -0.497 e. The smallest absolute Gasteiger partial charge is 0.273 e. The molecule has 4 aromatic rings. The van der Waals surface area contributed by atoms with Gasteiger partial charge in [-0.2, -0.15) is 5.10 Å². The van der Waals surface area contributed by atoms with E-state index in [1.54, 1.807) is 14.2 Å². The molecular weight excluding hydrogens is 514 g/mol. The van der Waals surface area contributed by atoms with Gasteiger partial charge < -0.3 is 19.1 Å². The maximum atomic E-state index is 13.8. The lowest BCUT2D eigenvalue weighted by Crippen LogP contribution is -2.29. The SMILES string of the molecule is COc1ccc(CN2C(=O)c3[nH]nc(-c4ccc(Cl)cc4)c3C2c2ccc(OCCC(C)C)c(OC)c2)cc1. The first-order chi connectivity index (χ1) is 18.9. The summed E-state index contributed by atoms with van der Waals surface area (Å²) in [6.45, 7) is 5.34. The molecular formula is C31H32ClN3O4. The Balaban J connectivity index is 1.57. The molecule has 1 aliphatic heterocycles. The van der Waals surface area contributed by atoms with E-state index < -0.39 is 6.04 Å². The highest BCUT2D eigenvalue weighted by molar-refractivity contribution is 6.30. The first kappa shape index (κ1) is 26.6. The largest absolute Gasteiger partial charge is 0.497 e. The number of hydrogen-bond acceptors (Lipinski definition) is 5. The van der Waals surface area contributed by atoms with Crippen LogP contribution in [0.2, 0.25) is 5.02 Å². The predicted octanol–water partition coefficient (Wildman–Crippen LogP) is 6.92. The van der Waals surface area contributed by atoms with Crippen molar-refractivity contribution in [3.8, 4) is 28.5 Å². The number of carbonyl (C=O) groups is 1. The third kappa shape index (κ3) is 5.45. The zero-order valence-electron chi connectivity index (χ0n) is 22.5. The Kier molecular flexibility index (Phi) is 7.79. The van der Waals surface area contributed by atoms with E-state index in [2.05, 4.69) is 24.0 Å². The molecule has 0 bridgehead atoms. The van der Waals surface area contributed by atoms with Crippen LogP contribution in [0.1, 0.15) is 53.5 Å². The van der Waals surface area contributed by atoms with Gasteiger partial charge in [0.1, 0.15) is 11.4 Å². The van der Waals surface area contributed by atoms with E-state index in [1.807, 2.05) is 71.6 Å². The summed E-state index contributed by atoms with van der Waals surface area (Å²) in [6, 6.07) is 20.7. The third-order valence-electron chi connectivity index (χ3n) is 6.95. The summed E-state index contributed by atoms with van der Waals surface area (Å²) < 4.78 is 17.1. The van der Waals surface area contributed by atoms with Crippen LogP contribution in [0.25, 0.3) is 11.3 Å². The fourth-order valence-electron chi connectivity index (χ4n) is 4.84. The van der Waals surface area contributed by atoms with Crippen molar-refractivity contribution in [2.45, 2.75) is 32.9 Å². The van der Waals surface area contributed by atoms with Gasteiger partial charge in [-0.05, 0) is 59.9 Å². The Bertz CT molecular complexity index is 1450. The number of nitrogens with zero attached hydrogens (tertiary/aromatic N) is 2. The molecule has 3 aromatic carbocycles. The van der Waals surface area contributed by atoms with Crippen LogP contribution in [-0.2, 0) is 6.54 Å². The number of benzene rings is 3. The summed E-state index contributed by atoms with van der Waals surface area (Å²) in [5.74, 6) is 2.49. The van der Waals surface area contributed by atoms with Crippen molar-refractivity contribution in [2.24, 2.45) is 5.92 Å². The van der Waals surface area contributed by atoms with Crippen LogP contribution in [0, 0.1) is 5.92 Å². The van der Waals surface area contributed by atoms with Crippen LogP contribution in [0.15, 0.2) is 66.7 Å².